The van der Waals surface area contributed by atoms with E-state index < -0.39 is 17.9 Å². The van der Waals surface area contributed by atoms with Crippen molar-refractivity contribution in [2.75, 3.05) is 13.7 Å². The number of nitrogens with zero attached hydrogens (tertiary/aromatic N) is 1. The summed E-state index contributed by atoms with van der Waals surface area (Å²) in [6.07, 6.45) is -2.46. The number of methoxy groups -OCH3 is 1. The van der Waals surface area contributed by atoms with E-state index in [-0.39, 0.29) is 12.2 Å². The van der Waals surface area contributed by atoms with Crippen molar-refractivity contribution in [1.82, 2.24) is 5.32 Å². The number of alkyl halides is 2. The summed E-state index contributed by atoms with van der Waals surface area (Å²) in [5.41, 5.74) is 0.377. The molecule has 17 heavy (non-hydrogen) atoms. The molecule has 0 bridgehead atoms. The zero-order valence-electron chi connectivity index (χ0n) is 9.15. The highest BCUT2D eigenvalue weighted by Crippen LogP contribution is 2.23. The maximum Gasteiger partial charge on any atom is 0.270 e. The fourth-order valence-electron chi connectivity index (χ4n) is 1.33. The van der Waals surface area contributed by atoms with Gasteiger partial charge in [-0.25, -0.2) is 8.78 Å². The van der Waals surface area contributed by atoms with Gasteiger partial charge in [0.05, 0.1) is 18.6 Å². The summed E-state index contributed by atoms with van der Waals surface area (Å²) in [6, 6.07) is 4.05. The van der Waals surface area contributed by atoms with Crippen LogP contribution >= 0.6 is 0 Å². The van der Waals surface area contributed by atoms with Crippen LogP contribution in [-0.2, 0) is 6.54 Å². The Morgan fingerprint density at radius 1 is 1.53 bits per heavy atom. The van der Waals surface area contributed by atoms with E-state index in [0.29, 0.717) is 11.3 Å². The minimum absolute atomic E-state index is 0.0925. The van der Waals surface area contributed by atoms with E-state index in [4.69, 9.17) is 4.74 Å². The van der Waals surface area contributed by atoms with Crippen molar-refractivity contribution >= 4 is 5.69 Å². The van der Waals surface area contributed by atoms with Gasteiger partial charge >= 0.3 is 0 Å². The summed E-state index contributed by atoms with van der Waals surface area (Å²) in [5.74, 6) is 0.428. The third-order valence-corrected chi connectivity index (χ3v) is 2.09. The molecule has 1 rings (SSSR count). The van der Waals surface area contributed by atoms with E-state index in [2.05, 4.69) is 5.32 Å². The number of nitro benzene ring substituents is 1. The zero-order chi connectivity index (χ0) is 12.8. The highest BCUT2D eigenvalue weighted by molar-refractivity contribution is 5.43. The van der Waals surface area contributed by atoms with Crippen LogP contribution in [0.1, 0.15) is 5.56 Å². The molecule has 0 amide bonds. The molecule has 0 aliphatic carbocycles. The molecule has 1 N–H and O–H groups in total. The molecule has 0 aliphatic rings. The van der Waals surface area contributed by atoms with E-state index in [1.54, 1.807) is 0 Å². The Hall–Kier alpha value is -1.76. The van der Waals surface area contributed by atoms with Gasteiger partial charge < -0.3 is 10.1 Å². The maximum atomic E-state index is 11.9. The first-order valence-electron chi connectivity index (χ1n) is 4.84. The van der Waals surface area contributed by atoms with Crippen molar-refractivity contribution in [3.8, 4) is 5.75 Å². The molecule has 0 aromatic heterocycles. The van der Waals surface area contributed by atoms with E-state index in [0.717, 1.165) is 0 Å². The van der Waals surface area contributed by atoms with Crippen molar-refractivity contribution in [3.63, 3.8) is 0 Å². The van der Waals surface area contributed by atoms with Gasteiger partial charge in [-0.15, -0.1) is 0 Å². The molecular formula is C10H12F2N2O3. The highest BCUT2D eigenvalue weighted by Gasteiger charge is 2.11. The zero-order valence-corrected chi connectivity index (χ0v) is 9.15. The Morgan fingerprint density at radius 3 is 2.76 bits per heavy atom. The van der Waals surface area contributed by atoms with Crippen LogP contribution in [0, 0.1) is 10.1 Å². The first-order chi connectivity index (χ1) is 8.04. The van der Waals surface area contributed by atoms with Crippen LogP contribution < -0.4 is 10.1 Å². The summed E-state index contributed by atoms with van der Waals surface area (Å²) < 4.78 is 28.8. The molecule has 0 fully saturated rings. The Bertz CT molecular complexity index is 399. The van der Waals surface area contributed by atoms with Gasteiger partial charge in [0.2, 0.25) is 0 Å². The summed E-state index contributed by atoms with van der Waals surface area (Å²) in [6.45, 7) is -0.374. The molecule has 1 aromatic rings. The monoisotopic (exact) mass is 246 g/mol. The van der Waals surface area contributed by atoms with Crippen LogP contribution in [0.4, 0.5) is 14.5 Å². The van der Waals surface area contributed by atoms with Gasteiger partial charge in [0.25, 0.3) is 12.1 Å². The van der Waals surface area contributed by atoms with Crippen molar-refractivity contribution in [3.05, 3.63) is 33.9 Å². The molecule has 0 heterocycles. The Kier molecular flexibility index (Phi) is 4.77. The fourth-order valence-corrected chi connectivity index (χ4v) is 1.33. The SMILES string of the molecule is COc1ccc([N+](=O)[O-])cc1CNCC(F)F. The van der Waals surface area contributed by atoms with Crippen molar-refractivity contribution in [2.24, 2.45) is 0 Å². The van der Waals surface area contributed by atoms with Gasteiger partial charge in [0.15, 0.2) is 0 Å². The van der Waals surface area contributed by atoms with E-state index in [1.807, 2.05) is 0 Å². The average molecular weight is 246 g/mol. The van der Waals surface area contributed by atoms with Crippen LogP contribution in [0.5, 0.6) is 5.75 Å². The molecular weight excluding hydrogens is 234 g/mol. The largest absolute Gasteiger partial charge is 0.496 e. The molecule has 5 nitrogen and oxygen atoms in total. The minimum atomic E-state index is -2.46. The fraction of sp³-hybridized carbons (Fsp3) is 0.400. The third-order valence-electron chi connectivity index (χ3n) is 2.09. The number of ether oxygens (including phenoxy) is 1. The summed E-state index contributed by atoms with van der Waals surface area (Å²) in [5, 5.41) is 13.0. The van der Waals surface area contributed by atoms with Gasteiger partial charge in [-0.2, -0.15) is 0 Å². The predicted molar refractivity (Wildman–Crippen MR) is 57.4 cm³/mol. The lowest BCUT2D eigenvalue weighted by atomic mass is 10.1. The number of halogens is 2. The number of non-ortho nitro benzene ring substituents is 1. The van der Waals surface area contributed by atoms with Gasteiger partial charge in [0, 0.05) is 24.2 Å². The summed E-state index contributed by atoms with van der Waals surface area (Å²) in [4.78, 5) is 10.0. The predicted octanol–water partition coefficient (Wildman–Crippen LogP) is 1.96. The van der Waals surface area contributed by atoms with Gasteiger partial charge in [0.1, 0.15) is 5.75 Å². The van der Waals surface area contributed by atoms with Gasteiger partial charge in [-0.3, -0.25) is 10.1 Å². The number of hydrogen-bond acceptors (Lipinski definition) is 4. The molecule has 7 heteroatoms. The molecule has 1 aromatic carbocycles. The number of benzene rings is 1. The second-order valence-corrected chi connectivity index (χ2v) is 3.28. The molecule has 94 valence electrons. The van der Waals surface area contributed by atoms with E-state index in [9.17, 15) is 18.9 Å². The lowest BCUT2D eigenvalue weighted by molar-refractivity contribution is -0.384. The minimum Gasteiger partial charge on any atom is -0.496 e. The Balaban J connectivity index is 2.79. The molecule has 0 spiro atoms. The number of nitro groups is 1. The molecule has 0 saturated heterocycles. The molecule has 0 saturated carbocycles. The van der Waals surface area contributed by atoms with Crippen LogP contribution in [0.2, 0.25) is 0 Å². The normalized spacial score (nSPS) is 10.6. The van der Waals surface area contributed by atoms with Crippen LogP contribution in [0.15, 0.2) is 18.2 Å². The second-order valence-electron chi connectivity index (χ2n) is 3.28. The van der Waals surface area contributed by atoms with Crippen molar-refractivity contribution in [1.29, 1.82) is 0 Å². The number of nitrogens with one attached hydrogen (secondary N) is 1. The first-order valence-corrected chi connectivity index (χ1v) is 4.84. The second kappa shape index (κ2) is 6.09. The van der Waals surface area contributed by atoms with Crippen LogP contribution in [0.3, 0.4) is 0 Å². The number of rotatable bonds is 6. The van der Waals surface area contributed by atoms with E-state index >= 15 is 0 Å². The number of hydrogen-bond donors (Lipinski definition) is 1. The lowest BCUT2D eigenvalue weighted by Gasteiger charge is -2.09. The molecule has 0 radical (unpaired) electrons. The molecule has 0 atom stereocenters. The van der Waals surface area contributed by atoms with Crippen molar-refractivity contribution in [2.45, 2.75) is 13.0 Å². The Labute approximate surface area is 96.5 Å². The molecule has 0 unspecified atom stereocenters. The lowest BCUT2D eigenvalue weighted by Crippen LogP contribution is -2.21. The topological polar surface area (TPSA) is 64.4 Å². The summed E-state index contributed by atoms with van der Waals surface area (Å²) >= 11 is 0. The van der Waals surface area contributed by atoms with Gasteiger partial charge in [-0.1, -0.05) is 0 Å². The quantitative estimate of drug-likeness (QED) is 0.615. The smallest absolute Gasteiger partial charge is 0.270 e. The van der Waals surface area contributed by atoms with Gasteiger partial charge in [-0.05, 0) is 6.07 Å². The highest BCUT2D eigenvalue weighted by atomic mass is 19.3. The first kappa shape index (κ1) is 13.3. The van der Waals surface area contributed by atoms with E-state index in [1.165, 1.54) is 25.3 Å². The molecule has 0 aliphatic heterocycles. The standard InChI is InChI=1S/C10H12F2N2O3/c1-17-9-3-2-8(14(15)16)4-7(9)5-13-6-10(11)12/h2-4,10,13H,5-6H2,1H3. The van der Waals surface area contributed by atoms with Crippen molar-refractivity contribution < 1.29 is 18.4 Å². The average Bonchev–Trinajstić information content (AvgIpc) is 2.28. The van der Waals surface area contributed by atoms with Crippen LogP contribution in [-0.4, -0.2) is 25.0 Å². The van der Waals surface area contributed by atoms with Crippen LogP contribution in [0.25, 0.3) is 0 Å². The maximum absolute atomic E-state index is 11.9. The third kappa shape index (κ3) is 3.95. The summed E-state index contributed by atoms with van der Waals surface area (Å²) in [7, 11) is 1.41. The Morgan fingerprint density at radius 2 is 2.24 bits per heavy atom.